The highest BCUT2D eigenvalue weighted by Crippen LogP contribution is 2.26. The molecule has 2 heterocycles. The van der Waals surface area contributed by atoms with Gasteiger partial charge in [-0.25, -0.2) is 14.8 Å². The van der Waals surface area contributed by atoms with Crippen LogP contribution in [-0.2, 0) is 20.1 Å². The van der Waals surface area contributed by atoms with Crippen LogP contribution in [0.4, 0.5) is 0 Å². The van der Waals surface area contributed by atoms with E-state index >= 15 is 0 Å². The van der Waals surface area contributed by atoms with Crippen molar-refractivity contribution in [3.63, 3.8) is 0 Å². The predicted molar refractivity (Wildman–Crippen MR) is 117 cm³/mol. The van der Waals surface area contributed by atoms with Crippen molar-refractivity contribution in [3.05, 3.63) is 81.5 Å². The first-order valence-corrected chi connectivity index (χ1v) is 10.1. The van der Waals surface area contributed by atoms with E-state index in [-0.39, 0.29) is 5.69 Å². The summed E-state index contributed by atoms with van der Waals surface area (Å²) in [5, 5.41) is 7.82. The molecule has 0 aliphatic carbocycles. The van der Waals surface area contributed by atoms with Crippen LogP contribution >= 0.6 is 0 Å². The molecule has 0 radical (unpaired) electrons. The largest absolute Gasteiger partial charge is 0.489 e. The van der Waals surface area contributed by atoms with E-state index in [1.54, 1.807) is 13.2 Å². The summed E-state index contributed by atoms with van der Waals surface area (Å²) in [4.78, 5) is 21.2. The summed E-state index contributed by atoms with van der Waals surface area (Å²) in [7, 11) is 1.58. The highest BCUT2D eigenvalue weighted by molar-refractivity contribution is 5.58. The molecule has 0 aliphatic rings. The molecule has 0 unspecified atom stereocenters. The van der Waals surface area contributed by atoms with Crippen LogP contribution in [0.2, 0.25) is 0 Å². The van der Waals surface area contributed by atoms with Gasteiger partial charge in [0.05, 0.1) is 5.69 Å². The van der Waals surface area contributed by atoms with E-state index < -0.39 is 0 Å². The summed E-state index contributed by atoms with van der Waals surface area (Å²) in [5.41, 5.74) is 5.23. The van der Waals surface area contributed by atoms with Gasteiger partial charge in [-0.05, 0) is 72.2 Å². The molecule has 0 saturated carbocycles. The minimum atomic E-state index is -0.298. The minimum absolute atomic E-state index is 0.298. The van der Waals surface area contributed by atoms with Crippen molar-refractivity contribution in [1.29, 1.82) is 0 Å². The number of tetrazole rings is 1. The normalized spacial score (nSPS) is 11.0. The van der Waals surface area contributed by atoms with E-state index in [0.29, 0.717) is 18.1 Å². The first-order valence-electron chi connectivity index (χ1n) is 10.1. The molecule has 0 amide bonds. The fourth-order valence-corrected chi connectivity index (χ4v) is 3.47. The van der Waals surface area contributed by atoms with Crippen molar-refractivity contribution in [2.45, 2.75) is 33.8 Å². The van der Waals surface area contributed by atoms with Crippen molar-refractivity contribution in [1.82, 2.24) is 29.8 Å². The lowest BCUT2D eigenvalue weighted by Gasteiger charge is -2.15. The van der Waals surface area contributed by atoms with Gasteiger partial charge in [0.15, 0.2) is 5.82 Å². The van der Waals surface area contributed by atoms with Crippen molar-refractivity contribution in [3.8, 4) is 22.8 Å². The lowest BCUT2D eigenvalue weighted by molar-refractivity contribution is 0.302. The average Bonchev–Trinajstić information content (AvgIpc) is 3.10. The Kier molecular flexibility index (Phi) is 5.62. The van der Waals surface area contributed by atoms with Crippen LogP contribution in [0.3, 0.4) is 0 Å². The topological polar surface area (TPSA) is 87.7 Å². The van der Waals surface area contributed by atoms with Gasteiger partial charge in [-0.2, -0.15) is 9.36 Å². The summed E-state index contributed by atoms with van der Waals surface area (Å²) in [6.45, 7) is 6.32. The van der Waals surface area contributed by atoms with Crippen LogP contribution in [-0.4, -0.2) is 29.8 Å². The van der Waals surface area contributed by atoms with Crippen LogP contribution in [0.1, 0.15) is 29.3 Å². The number of nitrogens with zero attached hydrogens (tertiary/aromatic N) is 6. The Morgan fingerprint density at radius 1 is 1.06 bits per heavy atom. The Bertz CT molecular complexity index is 1290. The lowest BCUT2D eigenvalue weighted by Crippen LogP contribution is -2.23. The third-order valence-electron chi connectivity index (χ3n) is 5.18. The fraction of sp³-hybridized carbons (Fsp3) is 0.261. The first kappa shape index (κ1) is 20.5. The third-order valence-corrected chi connectivity index (χ3v) is 5.18. The van der Waals surface area contributed by atoms with Crippen LogP contribution in [0.5, 0.6) is 5.75 Å². The molecule has 0 spiro atoms. The van der Waals surface area contributed by atoms with Gasteiger partial charge in [0.1, 0.15) is 12.4 Å². The van der Waals surface area contributed by atoms with Gasteiger partial charge in [-0.3, -0.25) is 0 Å². The zero-order chi connectivity index (χ0) is 22.0. The summed E-state index contributed by atoms with van der Waals surface area (Å²) in [6.07, 6.45) is 2.57. The molecule has 0 atom stereocenters. The Labute approximate surface area is 180 Å². The summed E-state index contributed by atoms with van der Waals surface area (Å²) in [5.74, 6) is 1.45. The minimum Gasteiger partial charge on any atom is -0.489 e. The smallest absolute Gasteiger partial charge is 0.368 e. The summed E-state index contributed by atoms with van der Waals surface area (Å²) in [6, 6.07) is 13.6. The Morgan fingerprint density at radius 2 is 1.90 bits per heavy atom. The van der Waals surface area contributed by atoms with Crippen molar-refractivity contribution >= 4 is 0 Å². The molecule has 8 heteroatoms. The maximum atomic E-state index is 12.4. The van der Waals surface area contributed by atoms with Crippen molar-refractivity contribution < 1.29 is 4.74 Å². The van der Waals surface area contributed by atoms with E-state index in [1.807, 2.05) is 56.3 Å². The molecule has 0 bridgehead atoms. The third kappa shape index (κ3) is 4.09. The summed E-state index contributed by atoms with van der Waals surface area (Å²) >= 11 is 0. The molecule has 4 rings (SSSR count). The molecule has 8 nitrogen and oxygen atoms in total. The van der Waals surface area contributed by atoms with E-state index in [4.69, 9.17) is 4.74 Å². The van der Waals surface area contributed by atoms with E-state index in [2.05, 4.69) is 27.3 Å². The standard InChI is InChI=1S/C23H24N6O2/c1-5-17-7-6-8-20(29-23(30)28(4)26-27-29)19(17)14-31-21-10-9-18(13-15(21)2)22-24-12-11-16(3)25-22/h6-13H,5,14H2,1-4H3. The van der Waals surface area contributed by atoms with Crippen LogP contribution in [0.15, 0.2) is 53.5 Å². The molecule has 31 heavy (non-hydrogen) atoms. The molecule has 158 valence electrons. The van der Waals surface area contributed by atoms with E-state index in [0.717, 1.165) is 40.1 Å². The van der Waals surface area contributed by atoms with Gasteiger partial charge in [0.25, 0.3) is 0 Å². The Balaban J connectivity index is 1.64. The summed E-state index contributed by atoms with van der Waals surface area (Å²) < 4.78 is 8.69. The van der Waals surface area contributed by atoms with Crippen LogP contribution in [0, 0.1) is 13.8 Å². The maximum Gasteiger partial charge on any atom is 0.368 e. The second-order valence-corrected chi connectivity index (χ2v) is 7.36. The Morgan fingerprint density at radius 3 is 2.58 bits per heavy atom. The second-order valence-electron chi connectivity index (χ2n) is 7.36. The monoisotopic (exact) mass is 416 g/mol. The number of hydrogen-bond acceptors (Lipinski definition) is 6. The highest BCUT2D eigenvalue weighted by atomic mass is 16.5. The van der Waals surface area contributed by atoms with Gasteiger partial charge in [0.2, 0.25) is 0 Å². The number of hydrogen-bond donors (Lipinski definition) is 0. The van der Waals surface area contributed by atoms with Gasteiger partial charge in [-0.15, -0.1) is 0 Å². The quantitative estimate of drug-likeness (QED) is 0.480. The van der Waals surface area contributed by atoms with Gasteiger partial charge >= 0.3 is 5.69 Å². The Hall–Kier alpha value is -3.81. The second kappa shape index (κ2) is 8.51. The molecule has 0 aliphatic heterocycles. The zero-order valence-electron chi connectivity index (χ0n) is 18.0. The predicted octanol–water partition coefficient (Wildman–Crippen LogP) is 3.18. The number of benzene rings is 2. The molecule has 0 fully saturated rings. The van der Waals surface area contributed by atoms with Gasteiger partial charge in [0, 0.05) is 30.1 Å². The average molecular weight is 416 g/mol. The number of rotatable bonds is 6. The van der Waals surface area contributed by atoms with Crippen molar-refractivity contribution in [2.75, 3.05) is 0 Å². The molecule has 2 aromatic heterocycles. The number of ether oxygens (including phenoxy) is 1. The first-order chi connectivity index (χ1) is 15.0. The highest BCUT2D eigenvalue weighted by Gasteiger charge is 2.15. The number of aromatic nitrogens is 6. The molecule has 0 N–H and O–H groups in total. The van der Waals surface area contributed by atoms with Crippen LogP contribution in [0.25, 0.3) is 17.1 Å². The molecular formula is C23H24N6O2. The SMILES string of the molecule is CCc1cccc(-n2nnn(C)c2=O)c1COc1ccc(-c2nccc(C)n2)cc1C. The molecule has 4 aromatic rings. The van der Waals surface area contributed by atoms with Crippen molar-refractivity contribution in [2.24, 2.45) is 7.05 Å². The van der Waals surface area contributed by atoms with Crippen LogP contribution < -0.4 is 10.4 Å². The van der Waals surface area contributed by atoms with E-state index in [9.17, 15) is 4.79 Å². The molecular weight excluding hydrogens is 392 g/mol. The fourth-order valence-electron chi connectivity index (χ4n) is 3.47. The number of aryl methyl sites for hydroxylation is 4. The zero-order valence-corrected chi connectivity index (χ0v) is 18.0. The molecule has 2 aromatic carbocycles. The van der Waals surface area contributed by atoms with Gasteiger partial charge < -0.3 is 4.74 Å². The molecule has 0 saturated heterocycles. The lowest BCUT2D eigenvalue weighted by atomic mass is 10.0. The maximum absolute atomic E-state index is 12.4. The van der Waals surface area contributed by atoms with Gasteiger partial charge in [-0.1, -0.05) is 19.1 Å². The van der Waals surface area contributed by atoms with E-state index in [1.165, 1.54) is 9.36 Å².